The number of amides is 2. The maximum absolute atomic E-state index is 13.4. The number of carbonyl (C=O) groups is 3. The summed E-state index contributed by atoms with van der Waals surface area (Å²) in [6, 6.07) is 14.5. The van der Waals surface area contributed by atoms with E-state index in [1.165, 1.54) is 16.7 Å². The van der Waals surface area contributed by atoms with Crippen molar-refractivity contribution in [2.75, 3.05) is 24.7 Å². The molecule has 8 heteroatoms. The van der Waals surface area contributed by atoms with Crippen molar-refractivity contribution in [1.82, 2.24) is 10.2 Å². The predicted octanol–water partition coefficient (Wildman–Crippen LogP) is 4.36. The SMILES string of the molecule is CCC(C)CC(NC(=O)OCC1c2ccccc2-c2ccccc21)C(=O)N1CCSCC1C(=O)O. The quantitative estimate of drug-likeness (QED) is 0.564. The number of hydrogen-bond acceptors (Lipinski definition) is 5. The maximum Gasteiger partial charge on any atom is 0.407 e. The van der Waals surface area contributed by atoms with Gasteiger partial charge in [-0.1, -0.05) is 68.8 Å². The van der Waals surface area contributed by atoms with Gasteiger partial charge in [0.15, 0.2) is 0 Å². The molecule has 1 fully saturated rings. The lowest BCUT2D eigenvalue weighted by atomic mass is 9.98. The number of alkyl carbamates (subject to hydrolysis) is 1. The Morgan fingerprint density at radius 2 is 1.74 bits per heavy atom. The van der Waals surface area contributed by atoms with Crippen LogP contribution in [0.25, 0.3) is 11.1 Å². The summed E-state index contributed by atoms with van der Waals surface area (Å²) in [6.07, 6.45) is 0.607. The summed E-state index contributed by atoms with van der Waals surface area (Å²) in [5, 5.41) is 12.4. The van der Waals surface area contributed by atoms with Crippen molar-refractivity contribution in [3.05, 3.63) is 59.7 Å². The molecule has 7 nitrogen and oxygen atoms in total. The first kappa shape index (κ1) is 25.1. The Morgan fingerprint density at radius 3 is 2.34 bits per heavy atom. The number of carbonyl (C=O) groups excluding carboxylic acids is 2. The third-order valence-electron chi connectivity index (χ3n) is 6.97. The molecule has 0 saturated carbocycles. The van der Waals surface area contributed by atoms with Gasteiger partial charge in [-0.05, 0) is 34.6 Å². The summed E-state index contributed by atoms with van der Waals surface area (Å²) in [7, 11) is 0. The Labute approximate surface area is 210 Å². The number of hydrogen-bond donors (Lipinski definition) is 2. The fraction of sp³-hybridized carbons (Fsp3) is 0.444. The molecule has 186 valence electrons. The van der Waals surface area contributed by atoms with Crippen molar-refractivity contribution in [2.24, 2.45) is 5.92 Å². The first-order valence-electron chi connectivity index (χ1n) is 12.1. The second-order valence-corrected chi connectivity index (χ2v) is 10.4. The molecular weight excluding hydrogens is 464 g/mol. The third-order valence-corrected chi connectivity index (χ3v) is 7.99. The molecule has 35 heavy (non-hydrogen) atoms. The van der Waals surface area contributed by atoms with Crippen LogP contribution in [0.15, 0.2) is 48.5 Å². The highest BCUT2D eigenvalue weighted by Crippen LogP contribution is 2.44. The van der Waals surface area contributed by atoms with Crippen molar-refractivity contribution in [1.29, 1.82) is 0 Å². The molecule has 1 aliphatic heterocycles. The molecular formula is C27H32N2O5S. The molecule has 0 spiro atoms. The van der Waals surface area contributed by atoms with Crippen LogP contribution in [0.4, 0.5) is 4.79 Å². The summed E-state index contributed by atoms with van der Waals surface area (Å²) in [5.41, 5.74) is 4.52. The highest BCUT2D eigenvalue weighted by atomic mass is 32.2. The van der Waals surface area contributed by atoms with Crippen molar-refractivity contribution in [3.63, 3.8) is 0 Å². The number of thioether (sulfide) groups is 1. The molecule has 3 atom stereocenters. The summed E-state index contributed by atoms with van der Waals surface area (Å²) >= 11 is 1.52. The Bertz CT molecular complexity index is 1050. The normalized spacial score (nSPS) is 18.8. The lowest BCUT2D eigenvalue weighted by Gasteiger charge is -2.35. The molecule has 0 radical (unpaired) electrons. The minimum Gasteiger partial charge on any atom is -0.480 e. The van der Waals surface area contributed by atoms with E-state index in [0.717, 1.165) is 28.7 Å². The Morgan fingerprint density at radius 1 is 1.11 bits per heavy atom. The zero-order chi connectivity index (χ0) is 24.9. The zero-order valence-electron chi connectivity index (χ0n) is 20.1. The molecule has 0 aromatic heterocycles. The van der Waals surface area contributed by atoms with Crippen LogP contribution >= 0.6 is 11.8 Å². The van der Waals surface area contributed by atoms with Gasteiger partial charge in [0.25, 0.3) is 0 Å². The number of fused-ring (bicyclic) bond motifs is 3. The van der Waals surface area contributed by atoms with Crippen LogP contribution < -0.4 is 5.32 Å². The molecule has 1 heterocycles. The van der Waals surface area contributed by atoms with Gasteiger partial charge in [0.2, 0.25) is 5.91 Å². The molecule has 2 aromatic rings. The van der Waals surface area contributed by atoms with E-state index in [0.29, 0.717) is 24.5 Å². The van der Waals surface area contributed by atoms with Gasteiger partial charge in [-0.15, -0.1) is 0 Å². The number of nitrogens with zero attached hydrogens (tertiary/aromatic N) is 1. The molecule has 1 saturated heterocycles. The fourth-order valence-electron chi connectivity index (χ4n) is 4.85. The van der Waals surface area contributed by atoms with Gasteiger partial charge in [0.05, 0.1) is 0 Å². The molecule has 2 aromatic carbocycles. The van der Waals surface area contributed by atoms with Gasteiger partial charge < -0.3 is 20.1 Å². The van der Waals surface area contributed by atoms with Crippen LogP contribution in [0.2, 0.25) is 0 Å². The van der Waals surface area contributed by atoms with Gasteiger partial charge >= 0.3 is 12.1 Å². The molecule has 0 bridgehead atoms. The number of nitrogens with one attached hydrogen (secondary N) is 1. The number of aliphatic carboxylic acids is 1. The molecule has 4 rings (SSSR count). The van der Waals surface area contributed by atoms with E-state index in [1.54, 1.807) is 0 Å². The lowest BCUT2D eigenvalue weighted by molar-refractivity contribution is -0.150. The fourth-order valence-corrected chi connectivity index (χ4v) is 5.88. The van der Waals surface area contributed by atoms with E-state index in [4.69, 9.17) is 4.74 Å². The molecule has 2 N–H and O–H groups in total. The lowest BCUT2D eigenvalue weighted by Crippen LogP contribution is -2.57. The zero-order valence-corrected chi connectivity index (χ0v) is 20.9. The number of carboxylic acid groups (broad SMARTS) is 1. The van der Waals surface area contributed by atoms with Gasteiger partial charge in [-0.3, -0.25) is 4.79 Å². The largest absolute Gasteiger partial charge is 0.480 e. The number of carboxylic acids is 1. The van der Waals surface area contributed by atoms with Crippen LogP contribution in [-0.2, 0) is 14.3 Å². The molecule has 3 unspecified atom stereocenters. The minimum atomic E-state index is -1.02. The predicted molar refractivity (Wildman–Crippen MR) is 137 cm³/mol. The van der Waals surface area contributed by atoms with Crippen molar-refractivity contribution in [2.45, 2.75) is 44.7 Å². The monoisotopic (exact) mass is 496 g/mol. The van der Waals surface area contributed by atoms with Crippen LogP contribution in [0, 0.1) is 5.92 Å². The Hall–Kier alpha value is -3.00. The van der Waals surface area contributed by atoms with E-state index in [2.05, 4.69) is 29.6 Å². The van der Waals surface area contributed by atoms with E-state index in [1.807, 2.05) is 38.1 Å². The number of ether oxygens (including phenoxy) is 1. The van der Waals surface area contributed by atoms with E-state index >= 15 is 0 Å². The van der Waals surface area contributed by atoms with Gasteiger partial charge in [-0.25, -0.2) is 9.59 Å². The van der Waals surface area contributed by atoms with E-state index < -0.39 is 24.1 Å². The summed E-state index contributed by atoms with van der Waals surface area (Å²) in [4.78, 5) is 39.4. The average molecular weight is 497 g/mol. The Kier molecular flexibility index (Phi) is 8.00. The van der Waals surface area contributed by atoms with Gasteiger partial charge in [0.1, 0.15) is 18.7 Å². The van der Waals surface area contributed by atoms with Crippen LogP contribution in [-0.4, -0.2) is 64.7 Å². The van der Waals surface area contributed by atoms with Crippen LogP contribution in [0.5, 0.6) is 0 Å². The smallest absolute Gasteiger partial charge is 0.407 e. The number of benzene rings is 2. The first-order valence-corrected chi connectivity index (χ1v) is 13.3. The van der Waals surface area contributed by atoms with Crippen molar-refractivity contribution in [3.8, 4) is 11.1 Å². The van der Waals surface area contributed by atoms with E-state index in [9.17, 15) is 19.5 Å². The Balaban J connectivity index is 1.46. The topological polar surface area (TPSA) is 95.9 Å². The maximum atomic E-state index is 13.4. The van der Waals surface area contributed by atoms with Gasteiger partial charge in [-0.2, -0.15) is 11.8 Å². The summed E-state index contributed by atoms with van der Waals surface area (Å²) in [5.74, 6) is -0.244. The van der Waals surface area contributed by atoms with Gasteiger partial charge in [0, 0.05) is 24.0 Å². The molecule has 2 amide bonds. The highest BCUT2D eigenvalue weighted by molar-refractivity contribution is 7.99. The average Bonchev–Trinajstić information content (AvgIpc) is 3.20. The second-order valence-electron chi connectivity index (χ2n) is 9.23. The number of rotatable bonds is 8. The third kappa shape index (κ3) is 5.48. The van der Waals surface area contributed by atoms with Crippen LogP contribution in [0.3, 0.4) is 0 Å². The van der Waals surface area contributed by atoms with Crippen molar-refractivity contribution >= 4 is 29.7 Å². The molecule has 1 aliphatic carbocycles. The standard InChI is InChI=1S/C27H32N2O5S/c1-3-17(2)14-23(25(30)29-12-13-35-16-24(29)26(31)32)28-27(33)34-15-22-20-10-6-4-8-18(20)19-9-5-7-11-21(19)22/h4-11,17,22-24H,3,12-16H2,1-2H3,(H,28,33)(H,31,32). The first-order chi connectivity index (χ1) is 16.9. The van der Waals surface area contributed by atoms with E-state index in [-0.39, 0.29) is 24.3 Å². The van der Waals surface area contributed by atoms with Crippen molar-refractivity contribution < 1.29 is 24.2 Å². The van der Waals surface area contributed by atoms with Crippen LogP contribution in [0.1, 0.15) is 43.7 Å². The summed E-state index contributed by atoms with van der Waals surface area (Å²) < 4.78 is 5.66. The highest BCUT2D eigenvalue weighted by Gasteiger charge is 2.37. The minimum absolute atomic E-state index is 0.0765. The molecule has 2 aliphatic rings. The second kappa shape index (κ2) is 11.2. The summed E-state index contributed by atoms with van der Waals surface area (Å²) in [6.45, 7) is 4.55.